The summed E-state index contributed by atoms with van der Waals surface area (Å²) in [7, 11) is 0. The van der Waals surface area contributed by atoms with Crippen LogP contribution in [0.15, 0.2) is 36.9 Å². The minimum Gasteiger partial charge on any atom is -0.364 e. The summed E-state index contributed by atoms with van der Waals surface area (Å²) in [6.07, 6.45) is 1.95. The number of halogens is 1. The predicted molar refractivity (Wildman–Crippen MR) is 63.1 cm³/mol. The fraction of sp³-hybridized carbons (Fsp3) is 0.385. The number of ether oxygens (including phenoxy) is 1. The standard InChI is InChI=1S/C13H15ClO/c1-4-12(2,3)13(9-15-13)10-5-7-11(14)8-6-10/h4-8H,1,9H2,2-3H3. The normalized spacial score (nSPS) is 25.0. The fourth-order valence-corrected chi connectivity index (χ4v) is 1.99. The average molecular weight is 223 g/mol. The topological polar surface area (TPSA) is 12.5 Å². The van der Waals surface area contributed by atoms with Crippen LogP contribution in [-0.2, 0) is 10.3 Å². The lowest BCUT2D eigenvalue weighted by Gasteiger charge is -2.28. The Bertz CT molecular complexity index is 374. The van der Waals surface area contributed by atoms with Crippen molar-refractivity contribution >= 4 is 11.6 Å². The van der Waals surface area contributed by atoms with Crippen molar-refractivity contribution in [2.75, 3.05) is 6.61 Å². The van der Waals surface area contributed by atoms with Crippen LogP contribution in [0.3, 0.4) is 0 Å². The Hall–Kier alpha value is -0.790. The zero-order valence-electron chi connectivity index (χ0n) is 9.09. The van der Waals surface area contributed by atoms with Crippen LogP contribution in [-0.4, -0.2) is 6.61 Å². The Morgan fingerprint density at radius 3 is 2.33 bits per heavy atom. The summed E-state index contributed by atoms with van der Waals surface area (Å²) in [4.78, 5) is 0. The number of hydrogen-bond acceptors (Lipinski definition) is 1. The molecule has 1 aliphatic heterocycles. The van der Waals surface area contributed by atoms with Crippen molar-refractivity contribution in [1.29, 1.82) is 0 Å². The van der Waals surface area contributed by atoms with Gasteiger partial charge in [-0.3, -0.25) is 0 Å². The van der Waals surface area contributed by atoms with E-state index < -0.39 is 0 Å². The van der Waals surface area contributed by atoms with E-state index in [1.165, 1.54) is 5.56 Å². The molecule has 2 heteroatoms. The minimum atomic E-state index is -0.195. The first-order valence-electron chi connectivity index (χ1n) is 5.05. The van der Waals surface area contributed by atoms with Crippen LogP contribution in [0.4, 0.5) is 0 Å². The van der Waals surface area contributed by atoms with E-state index in [9.17, 15) is 0 Å². The molecule has 0 amide bonds. The molecule has 1 heterocycles. The van der Waals surface area contributed by atoms with E-state index in [0.717, 1.165) is 11.6 Å². The van der Waals surface area contributed by atoms with Gasteiger partial charge >= 0.3 is 0 Å². The Balaban J connectivity index is 2.39. The van der Waals surface area contributed by atoms with Gasteiger partial charge in [0.2, 0.25) is 0 Å². The summed E-state index contributed by atoms with van der Waals surface area (Å²) >= 11 is 5.87. The highest BCUT2D eigenvalue weighted by atomic mass is 35.5. The van der Waals surface area contributed by atoms with E-state index in [-0.39, 0.29) is 11.0 Å². The summed E-state index contributed by atoms with van der Waals surface area (Å²) in [5.74, 6) is 0. The first-order chi connectivity index (χ1) is 7.02. The van der Waals surface area contributed by atoms with Gasteiger partial charge in [-0.05, 0) is 17.7 Å². The first kappa shape index (κ1) is 10.7. The Kier molecular flexibility index (Phi) is 2.40. The Morgan fingerprint density at radius 1 is 1.40 bits per heavy atom. The largest absolute Gasteiger partial charge is 0.364 e. The van der Waals surface area contributed by atoms with Gasteiger partial charge in [-0.2, -0.15) is 0 Å². The zero-order chi connectivity index (χ0) is 11.1. The minimum absolute atomic E-state index is 0.0547. The van der Waals surface area contributed by atoms with Gasteiger partial charge in [0.15, 0.2) is 0 Å². The molecule has 1 fully saturated rings. The third kappa shape index (κ3) is 1.60. The SMILES string of the molecule is C=CC(C)(C)C1(c2ccc(Cl)cc2)CO1. The Labute approximate surface area is 95.7 Å². The molecule has 0 bridgehead atoms. The van der Waals surface area contributed by atoms with Crippen molar-refractivity contribution in [3.8, 4) is 0 Å². The lowest BCUT2D eigenvalue weighted by Crippen LogP contribution is -2.28. The molecule has 1 atom stereocenters. The monoisotopic (exact) mass is 222 g/mol. The molecule has 1 nitrogen and oxygen atoms in total. The molecule has 0 aliphatic carbocycles. The van der Waals surface area contributed by atoms with Crippen LogP contribution in [0.2, 0.25) is 5.02 Å². The molecule has 1 unspecified atom stereocenters. The molecule has 15 heavy (non-hydrogen) atoms. The molecule has 0 radical (unpaired) electrons. The number of benzene rings is 1. The smallest absolute Gasteiger partial charge is 0.125 e. The number of epoxide rings is 1. The van der Waals surface area contributed by atoms with E-state index >= 15 is 0 Å². The maximum atomic E-state index is 5.87. The van der Waals surface area contributed by atoms with Gasteiger partial charge in [0.05, 0.1) is 6.61 Å². The summed E-state index contributed by atoms with van der Waals surface area (Å²) in [5.41, 5.74) is 0.928. The third-order valence-corrected chi connectivity index (χ3v) is 3.55. The van der Waals surface area contributed by atoms with Crippen LogP contribution in [0, 0.1) is 5.41 Å². The number of hydrogen-bond donors (Lipinski definition) is 0. The predicted octanol–water partition coefficient (Wildman–Crippen LogP) is 3.78. The van der Waals surface area contributed by atoms with Crippen LogP contribution < -0.4 is 0 Å². The molecular weight excluding hydrogens is 208 g/mol. The van der Waals surface area contributed by atoms with Crippen LogP contribution in [0.5, 0.6) is 0 Å². The van der Waals surface area contributed by atoms with Gasteiger partial charge in [-0.1, -0.05) is 43.7 Å². The highest BCUT2D eigenvalue weighted by molar-refractivity contribution is 6.30. The molecule has 0 aromatic heterocycles. The van der Waals surface area contributed by atoms with Crippen molar-refractivity contribution in [3.63, 3.8) is 0 Å². The van der Waals surface area contributed by atoms with Crippen LogP contribution in [0.1, 0.15) is 19.4 Å². The fourth-order valence-electron chi connectivity index (χ4n) is 1.87. The molecule has 1 aliphatic rings. The third-order valence-electron chi connectivity index (χ3n) is 3.29. The van der Waals surface area contributed by atoms with Crippen molar-refractivity contribution in [3.05, 3.63) is 47.5 Å². The van der Waals surface area contributed by atoms with E-state index in [0.29, 0.717) is 0 Å². The van der Waals surface area contributed by atoms with Gasteiger partial charge in [-0.25, -0.2) is 0 Å². The molecule has 80 valence electrons. The van der Waals surface area contributed by atoms with E-state index in [1.54, 1.807) is 0 Å². The summed E-state index contributed by atoms with van der Waals surface area (Å²) in [5, 5.41) is 0.756. The van der Waals surface area contributed by atoms with Crippen molar-refractivity contribution in [2.24, 2.45) is 5.41 Å². The highest BCUT2D eigenvalue weighted by Crippen LogP contribution is 2.53. The molecule has 0 saturated carbocycles. The second-order valence-electron chi connectivity index (χ2n) is 4.55. The highest BCUT2D eigenvalue weighted by Gasteiger charge is 2.56. The average Bonchev–Trinajstić information content (AvgIpc) is 3.00. The second kappa shape index (κ2) is 3.36. The zero-order valence-corrected chi connectivity index (χ0v) is 9.84. The number of rotatable bonds is 3. The molecule has 0 N–H and O–H groups in total. The van der Waals surface area contributed by atoms with Gasteiger partial charge in [0, 0.05) is 10.4 Å². The molecule has 0 spiro atoms. The molecule has 1 aromatic carbocycles. The van der Waals surface area contributed by atoms with Gasteiger partial charge in [0.1, 0.15) is 5.60 Å². The summed E-state index contributed by atoms with van der Waals surface area (Å²) < 4.78 is 5.66. The molecular formula is C13H15ClO. The van der Waals surface area contributed by atoms with Gasteiger partial charge in [-0.15, -0.1) is 6.58 Å². The molecule has 1 saturated heterocycles. The van der Waals surface area contributed by atoms with Crippen LogP contribution >= 0.6 is 11.6 Å². The van der Waals surface area contributed by atoms with Crippen LogP contribution in [0.25, 0.3) is 0 Å². The maximum Gasteiger partial charge on any atom is 0.125 e. The van der Waals surface area contributed by atoms with Crippen molar-refractivity contribution in [1.82, 2.24) is 0 Å². The summed E-state index contributed by atoms with van der Waals surface area (Å²) in [6, 6.07) is 7.86. The lowest BCUT2D eigenvalue weighted by atomic mass is 9.75. The van der Waals surface area contributed by atoms with E-state index in [1.807, 2.05) is 30.3 Å². The quantitative estimate of drug-likeness (QED) is 0.560. The summed E-state index contributed by atoms with van der Waals surface area (Å²) in [6.45, 7) is 8.91. The Morgan fingerprint density at radius 2 is 1.93 bits per heavy atom. The second-order valence-corrected chi connectivity index (χ2v) is 4.98. The lowest BCUT2D eigenvalue weighted by molar-refractivity contribution is 0.183. The van der Waals surface area contributed by atoms with E-state index in [4.69, 9.17) is 16.3 Å². The van der Waals surface area contributed by atoms with Gasteiger partial charge in [0.25, 0.3) is 0 Å². The molecule has 2 rings (SSSR count). The molecule has 1 aromatic rings. The van der Waals surface area contributed by atoms with Gasteiger partial charge < -0.3 is 4.74 Å². The van der Waals surface area contributed by atoms with Crippen molar-refractivity contribution < 1.29 is 4.74 Å². The van der Waals surface area contributed by atoms with Crippen molar-refractivity contribution in [2.45, 2.75) is 19.4 Å². The maximum absolute atomic E-state index is 5.87. The first-order valence-corrected chi connectivity index (χ1v) is 5.43. The van der Waals surface area contributed by atoms with E-state index in [2.05, 4.69) is 20.4 Å².